The molecular weight excluding hydrogens is 228 g/mol. The van der Waals surface area contributed by atoms with E-state index in [4.69, 9.17) is 9.47 Å². The van der Waals surface area contributed by atoms with Crippen LogP contribution in [0, 0.1) is 5.92 Å². The average Bonchev–Trinajstić information content (AvgIpc) is 2.41. The fourth-order valence-electron chi connectivity index (χ4n) is 1.64. The van der Waals surface area contributed by atoms with Crippen molar-refractivity contribution in [3.8, 4) is 5.75 Å². The molecule has 0 saturated carbocycles. The van der Waals surface area contributed by atoms with Crippen molar-refractivity contribution in [2.75, 3.05) is 13.2 Å². The van der Waals surface area contributed by atoms with Gasteiger partial charge >= 0.3 is 5.97 Å². The van der Waals surface area contributed by atoms with E-state index in [1.807, 2.05) is 12.1 Å². The summed E-state index contributed by atoms with van der Waals surface area (Å²) in [7, 11) is 0. The van der Waals surface area contributed by atoms with E-state index in [9.17, 15) is 4.79 Å². The molecule has 0 fully saturated rings. The Kier molecular flexibility index (Phi) is 6.26. The monoisotopic (exact) mass is 250 g/mol. The Hall–Kier alpha value is -1.51. The second-order valence-electron chi connectivity index (χ2n) is 4.24. The Balaban J connectivity index is 2.52. The average molecular weight is 250 g/mol. The molecule has 0 unspecified atom stereocenters. The minimum absolute atomic E-state index is 0.288. The van der Waals surface area contributed by atoms with E-state index < -0.39 is 0 Å². The molecular formula is C15H22O3. The van der Waals surface area contributed by atoms with Gasteiger partial charge in [0.1, 0.15) is 5.75 Å². The molecule has 3 nitrogen and oxygen atoms in total. The summed E-state index contributed by atoms with van der Waals surface area (Å²) >= 11 is 0. The summed E-state index contributed by atoms with van der Waals surface area (Å²) in [5.74, 6) is 1.11. The number of rotatable bonds is 7. The van der Waals surface area contributed by atoms with Gasteiger partial charge in [-0.25, -0.2) is 4.79 Å². The molecule has 1 aromatic carbocycles. The third-order valence-electron chi connectivity index (χ3n) is 3.01. The lowest BCUT2D eigenvalue weighted by molar-refractivity contribution is 0.0526. The molecule has 0 aromatic heterocycles. The fourth-order valence-corrected chi connectivity index (χ4v) is 1.64. The molecule has 0 aliphatic heterocycles. The second-order valence-corrected chi connectivity index (χ2v) is 4.24. The summed E-state index contributed by atoms with van der Waals surface area (Å²) in [4.78, 5) is 11.5. The molecule has 0 saturated heterocycles. The molecule has 0 aliphatic carbocycles. The van der Waals surface area contributed by atoms with Crippen molar-refractivity contribution in [2.45, 2.75) is 33.6 Å². The highest BCUT2D eigenvalue weighted by molar-refractivity contribution is 5.89. The molecule has 0 aliphatic rings. The van der Waals surface area contributed by atoms with Crippen molar-refractivity contribution in [3.05, 3.63) is 29.8 Å². The smallest absolute Gasteiger partial charge is 0.338 e. The number of ether oxygens (including phenoxy) is 2. The zero-order chi connectivity index (χ0) is 13.4. The van der Waals surface area contributed by atoms with Crippen LogP contribution in [0.2, 0.25) is 0 Å². The SMILES string of the molecule is CCOC(=O)c1ccc(OCC(CC)CC)cc1. The van der Waals surface area contributed by atoms with Crippen molar-refractivity contribution < 1.29 is 14.3 Å². The topological polar surface area (TPSA) is 35.5 Å². The molecule has 0 atom stereocenters. The van der Waals surface area contributed by atoms with Crippen LogP contribution in [0.3, 0.4) is 0 Å². The van der Waals surface area contributed by atoms with Crippen LogP contribution in [0.4, 0.5) is 0 Å². The van der Waals surface area contributed by atoms with Gasteiger partial charge in [-0.3, -0.25) is 0 Å². The Bertz CT molecular complexity index is 353. The number of hydrogen-bond acceptors (Lipinski definition) is 3. The molecule has 0 amide bonds. The molecule has 1 rings (SSSR count). The summed E-state index contributed by atoms with van der Waals surface area (Å²) in [6.07, 6.45) is 2.24. The Morgan fingerprint density at radius 3 is 2.22 bits per heavy atom. The van der Waals surface area contributed by atoms with Gasteiger partial charge in [0.2, 0.25) is 0 Å². The van der Waals surface area contributed by atoms with Crippen LogP contribution in [0.5, 0.6) is 5.75 Å². The molecule has 0 radical (unpaired) electrons. The predicted octanol–water partition coefficient (Wildman–Crippen LogP) is 3.68. The van der Waals surface area contributed by atoms with Gasteiger partial charge in [0.25, 0.3) is 0 Å². The van der Waals surface area contributed by atoms with Crippen LogP contribution in [-0.2, 0) is 4.74 Å². The number of hydrogen-bond donors (Lipinski definition) is 0. The number of benzene rings is 1. The first-order chi connectivity index (χ1) is 8.71. The lowest BCUT2D eigenvalue weighted by Gasteiger charge is -2.13. The maximum absolute atomic E-state index is 11.5. The predicted molar refractivity (Wildman–Crippen MR) is 72.0 cm³/mol. The van der Waals surface area contributed by atoms with Gasteiger partial charge in [-0.15, -0.1) is 0 Å². The molecule has 0 N–H and O–H groups in total. The van der Waals surface area contributed by atoms with Crippen molar-refractivity contribution in [1.29, 1.82) is 0 Å². The van der Waals surface area contributed by atoms with Crippen molar-refractivity contribution in [1.82, 2.24) is 0 Å². The minimum atomic E-state index is -0.288. The summed E-state index contributed by atoms with van der Waals surface area (Å²) in [5.41, 5.74) is 0.562. The van der Waals surface area contributed by atoms with E-state index in [1.165, 1.54) is 0 Å². The first kappa shape index (κ1) is 14.6. The summed E-state index contributed by atoms with van der Waals surface area (Å²) in [6, 6.07) is 7.10. The highest BCUT2D eigenvalue weighted by Gasteiger charge is 2.07. The quantitative estimate of drug-likeness (QED) is 0.692. The Morgan fingerprint density at radius 1 is 1.11 bits per heavy atom. The molecule has 100 valence electrons. The van der Waals surface area contributed by atoms with Gasteiger partial charge in [0.05, 0.1) is 18.8 Å². The largest absolute Gasteiger partial charge is 0.493 e. The third kappa shape index (κ3) is 4.40. The standard InChI is InChI=1S/C15H22O3/c1-4-12(5-2)11-18-14-9-7-13(8-10-14)15(16)17-6-3/h7-10,12H,4-6,11H2,1-3H3. The zero-order valence-electron chi connectivity index (χ0n) is 11.4. The van der Waals surface area contributed by atoms with Gasteiger partial charge in [-0.05, 0) is 37.1 Å². The van der Waals surface area contributed by atoms with E-state index >= 15 is 0 Å². The van der Waals surface area contributed by atoms with Gasteiger partial charge in [-0.2, -0.15) is 0 Å². The van der Waals surface area contributed by atoms with Crippen molar-refractivity contribution >= 4 is 5.97 Å². The van der Waals surface area contributed by atoms with Crippen LogP contribution in [0.15, 0.2) is 24.3 Å². The molecule has 0 heterocycles. The van der Waals surface area contributed by atoms with E-state index in [0.29, 0.717) is 18.1 Å². The van der Waals surface area contributed by atoms with Crippen LogP contribution in [0.25, 0.3) is 0 Å². The first-order valence-electron chi connectivity index (χ1n) is 6.61. The summed E-state index contributed by atoms with van der Waals surface area (Å²) < 4.78 is 10.6. The highest BCUT2D eigenvalue weighted by Crippen LogP contribution is 2.16. The zero-order valence-corrected chi connectivity index (χ0v) is 11.4. The number of carbonyl (C=O) groups is 1. The molecule has 18 heavy (non-hydrogen) atoms. The van der Waals surface area contributed by atoms with Gasteiger partial charge < -0.3 is 9.47 Å². The van der Waals surface area contributed by atoms with Crippen LogP contribution < -0.4 is 4.74 Å². The van der Waals surface area contributed by atoms with Gasteiger partial charge in [0.15, 0.2) is 0 Å². The summed E-state index contributed by atoms with van der Waals surface area (Å²) in [5, 5.41) is 0. The van der Waals surface area contributed by atoms with Crippen molar-refractivity contribution in [3.63, 3.8) is 0 Å². The van der Waals surface area contributed by atoms with Gasteiger partial charge in [0, 0.05) is 0 Å². The molecule has 0 bridgehead atoms. The van der Waals surface area contributed by atoms with E-state index in [2.05, 4.69) is 13.8 Å². The third-order valence-corrected chi connectivity index (χ3v) is 3.01. The maximum Gasteiger partial charge on any atom is 0.338 e. The van der Waals surface area contributed by atoms with E-state index in [0.717, 1.165) is 25.2 Å². The molecule has 0 spiro atoms. The Morgan fingerprint density at radius 2 is 1.72 bits per heavy atom. The van der Waals surface area contributed by atoms with Crippen LogP contribution in [0.1, 0.15) is 44.0 Å². The van der Waals surface area contributed by atoms with Crippen LogP contribution >= 0.6 is 0 Å². The highest BCUT2D eigenvalue weighted by atomic mass is 16.5. The maximum atomic E-state index is 11.5. The van der Waals surface area contributed by atoms with Crippen molar-refractivity contribution in [2.24, 2.45) is 5.92 Å². The molecule has 1 aromatic rings. The van der Waals surface area contributed by atoms with E-state index in [-0.39, 0.29) is 5.97 Å². The number of esters is 1. The Labute approximate surface area is 109 Å². The normalized spacial score (nSPS) is 10.4. The second kappa shape index (κ2) is 7.75. The first-order valence-corrected chi connectivity index (χ1v) is 6.61. The lowest BCUT2D eigenvalue weighted by atomic mass is 10.1. The van der Waals surface area contributed by atoms with Gasteiger partial charge in [-0.1, -0.05) is 26.7 Å². The number of carbonyl (C=O) groups excluding carboxylic acids is 1. The van der Waals surface area contributed by atoms with E-state index in [1.54, 1.807) is 19.1 Å². The summed E-state index contributed by atoms with van der Waals surface area (Å²) in [6.45, 7) is 7.26. The lowest BCUT2D eigenvalue weighted by Crippen LogP contribution is -2.10. The van der Waals surface area contributed by atoms with Crippen LogP contribution in [-0.4, -0.2) is 19.2 Å². The fraction of sp³-hybridized carbons (Fsp3) is 0.533. The minimum Gasteiger partial charge on any atom is -0.493 e. The molecule has 3 heteroatoms.